The van der Waals surface area contributed by atoms with Crippen LogP contribution in [0.5, 0.6) is 0 Å². The summed E-state index contributed by atoms with van der Waals surface area (Å²) in [5, 5.41) is 0. The maximum absolute atomic E-state index is 10.9. The highest BCUT2D eigenvalue weighted by atomic mass is 16.1. The van der Waals surface area contributed by atoms with Gasteiger partial charge in [0, 0.05) is 6.42 Å². The average molecular weight is 143 g/mol. The number of hydrogen-bond acceptors (Lipinski definition) is 2. The molecule has 0 saturated heterocycles. The Hall–Kier alpha value is -0.370. The maximum Gasteiger partial charge on any atom is 0.146 e. The van der Waals surface area contributed by atoms with Crippen molar-refractivity contribution in [2.24, 2.45) is 11.1 Å². The molecule has 0 radical (unpaired) electrons. The van der Waals surface area contributed by atoms with Gasteiger partial charge in [0.1, 0.15) is 5.78 Å². The van der Waals surface area contributed by atoms with Crippen LogP contribution in [0, 0.1) is 5.41 Å². The van der Waals surface area contributed by atoms with Crippen LogP contribution >= 0.6 is 0 Å². The number of Topliss-reactive ketones (excluding diaryl/α,β-unsaturated/α-hetero) is 1. The van der Waals surface area contributed by atoms with Gasteiger partial charge in [-0.15, -0.1) is 0 Å². The van der Waals surface area contributed by atoms with Gasteiger partial charge >= 0.3 is 0 Å². The molecule has 0 amide bonds. The van der Waals surface area contributed by atoms with Gasteiger partial charge in [0.2, 0.25) is 0 Å². The van der Waals surface area contributed by atoms with Gasteiger partial charge in [-0.05, 0) is 5.41 Å². The number of carbonyl (C=O) groups excluding carboxylic acids is 1. The van der Waals surface area contributed by atoms with E-state index in [0.29, 0.717) is 6.42 Å². The average Bonchev–Trinajstić information content (AvgIpc) is 1.87. The normalized spacial score (nSPS) is 11.6. The minimum absolute atomic E-state index is 0.135. The van der Waals surface area contributed by atoms with Crippen molar-refractivity contribution < 1.29 is 4.79 Å². The Morgan fingerprint density at radius 3 is 2.30 bits per heavy atom. The third kappa shape index (κ3) is 3.62. The predicted octanol–water partition coefficient (Wildman–Crippen LogP) is 1.34. The van der Waals surface area contributed by atoms with E-state index in [1.807, 2.05) is 0 Å². The van der Waals surface area contributed by atoms with Gasteiger partial charge in [-0.1, -0.05) is 27.2 Å². The Kier molecular flexibility index (Phi) is 3.58. The van der Waals surface area contributed by atoms with Gasteiger partial charge < -0.3 is 5.73 Å². The zero-order chi connectivity index (χ0) is 8.20. The lowest BCUT2D eigenvalue weighted by molar-refractivity contribution is -0.119. The molecule has 0 rings (SSSR count). The van der Waals surface area contributed by atoms with Gasteiger partial charge in [-0.25, -0.2) is 0 Å². The van der Waals surface area contributed by atoms with Crippen molar-refractivity contribution in [3.05, 3.63) is 0 Å². The number of hydrogen-bond donors (Lipinski definition) is 1. The van der Waals surface area contributed by atoms with Crippen LogP contribution < -0.4 is 5.73 Å². The fraction of sp³-hybridized carbons (Fsp3) is 0.875. The molecule has 0 aromatic rings. The Morgan fingerprint density at radius 1 is 1.50 bits per heavy atom. The molecule has 0 aliphatic rings. The molecule has 2 N–H and O–H groups in total. The van der Waals surface area contributed by atoms with Crippen molar-refractivity contribution >= 4 is 5.78 Å². The molecule has 0 aromatic carbocycles. The summed E-state index contributed by atoms with van der Waals surface area (Å²) in [6, 6.07) is 0. The van der Waals surface area contributed by atoms with E-state index in [4.69, 9.17) is 5.73 Å². The highest BCUT2D eigenvalue weighted by Crippen LogP contribution is 2.23. The molecule has 0 saturated carbocycles. The molecule has 10 heavy (non-hydrogen) atoms. The summed E-state index contributed by atoms with van der Waals surface area (Å²) in [7, 11) is 0. The van der Waals surface area contributed by atoms with Gasteiger partial charge in [0.15, 0.2) is 0 Å². The molecule has 0 aliphatic heterocycles. The molecule has 0 heterocycles. The number of ketones is 1. The van der Waals surface area contributed by atoms with Crippen LogP contribution in [0.25, 0.3) is 0 Å². The Bertz CT molecular complexity index is 118. The summed E-state index contributed by atoms with van der Waals surface area (Å²) in [6.07, 6.45) is 1.64. The lowest BCUT2D eigenvalue weighted by Gasteiger charge is -2.20. The third-order valence-corrected chi connectivity index (χ3v) is 1.86. The minimum Gasteiger partial charge on any atom is -0.324 e. The van der Waals surface area contributed by atoms with Gasteiger partial charge in [-0.3, -0.25) is 4.79 Å². The maximum atomic E-state index is 10.9. The summed E-state index contributed by atoms with van der Waals surface area (Å²) < 4.78 is 0. The SMILES string of the molecule is CCC(C)(C)CC(=O)CN. The second-order valence-electron chi connectivity index (χ2n) is 3.44. The highest BCUT2D eigenvalue weighted by molar-refractivity contribution is 5.80. The standard InChI is InChI=1S/C8H17NO/c1-4-8(2,3)5-7(10)6-9/h4-6,9H2,1-3H3. The van der Waals surface area contributed by atoms with Crippen molar-refractivity contribution in [2.75, 3.05) is 6.54 Å². The quantitative estimate of drug-likeness (QED) is 0.645. The van der Waals surface area contributed by atoms with Crippen molar-refractivity contribution in [2.45, 2.75) is 33.6 Å². The number of rotatable bonds is 4. The Balaban J connectivity index is 3.76. The van der Waals surface area contributed by atoms with Crippen molar-refractivity contribution in [1.82, 2.24) is 0 Å². The first kappa shape index (κ1) is 9.63. The lowest BCUT2D eigenvalue weighted by Crippen LogP contribution is -2.21. The minimum atomic E-state index is 0.135. The van der Waals surface area contributed by atoms with Crippen LogP contribution in [0.3, 0.4) is 0 Å². The van der Waals surface area contributed by atoms with Crippen LogP contribution in [0.1, 0.15) is 33.6 Å². The molecule has 2 heteroatoms. The first-order chi connectivity index (χ1) is 4.52. The zero-order valence-electron chi connectivity index (χ0n) is 7.11. The van der Waals surface area contributed by atoms with Crippen LogP contribution in [0.4, 0.5) is 0 Å². The van der Waals surface area contributed by atoms with E-state index >= 15 is 0 Å². The summed E-state index contributed by atoms with van der Waals surface area (Å²) in [5.41, 5.74) is 5.32. The molecule has 0 aromatic heterocycles. The van der Waals surface area contributed by atoms with Crippen molar-refractivity contribution in [3.63, 3.8) is 0 Å². The highest BCUT2D eigenvalue weighted by Gasteiger charge is 2.18. The van der Waals surface area contributed by atoms with Crippen LogP contribution in [-0.4, -0.2) is 12.3 Å². The van der Waals surface area contributed by atoms with Crippen molar-refractivity contribution in [3.8, 4) is 0 Å². The van der Waals surface area contributed by atoms with E-state index in [1.54, 1.807) is 0 Å². The molecule has 0 spiro atoms. The monoisotopic (exact) mass is 143 g/mol. The van der Waals surface area contributed by atoms with Crippen LogP contribution in [0.2, 0.25) is 0 Å². The van der Waals surface area contributed by atoms with E-state index in [1.165, 1.54) is 0 Å². The van der Waals surface area contributed by atoms with Gasteiger partial charge in [0.25, 0.3) is 0 Å². The number of nitrogens with two attached hydrogens (primary N) is 1. The van der Waals surface area contributed by atoms with Gasteiger partial charge in [-0.2, -0.15) is 0 Å². The van der Waals surface area contributed by atoms with Crippen molar-refractivity contribution in [1.29, 1.82) is 0 Å². The molecule has 0 atom stereocenters. The summed E-state index contributed by atoms with van der Waals surface area (Å²) in [6.45, 7) is 6.44. The summed E-state index contributed by atoms with van der Waals surface area (Å²) in [5.74, 6) is 0.159. The molecular weight excluding hydrogens is 126 g/mol. The molecule has 0 bridgehead atoms. The third-order valence-electron chi connectivity index (χ3n) is 1.86. The molecule has 0 aliphatic carbocycles. The second-order valence-corrected chi connectivity index (χ2v) is 3.44. The molecular formula is C8H17NO. The lowest BCUT2D eigenvalue weighted by atomic mass is 9.85. The molecule has 2 nitrogen and oxygen atoms in total. The number of carbonyl (C=O) groups is 1. The zero-order valence-corrected chi connectivity index (χ0v) is 7.11. The topological polar surface area (TPSA) is 43.1 Å². The fourth-order valence-corrected chi connectivity index (χ4v) is 0.731. The molecule has 60 valence electrons. The largest absolute Gasteiger partial charge is 0.324 e. The summed E-state index contributed by atoms with van der Waals surface area (Å²) >= 11 is 0. The van der Waals surface area contributed by atoms with E-state index in [2.05, 4.69) is 20.8 Å². The van der Waals surface area contributed by atoms with E-state index in [9.17, 15) is 4.79 Å². The van der Waals surface area contributed by atoms with E-state index in [0.717, 1.165) is 6.42 Å². The first-order valence-electron chi connectivity index (χ1n) is 3.73. The Labute approximate surface area is 62.8 Å². The van der Waals surface area contributed by atoms with E-state index in [-0.39, 0.29) is 17.7 Å². The second kappa shape index (κ2) is 3.71. The Morgan fingerprint density at radius 2 is 2.00 bits per heavy atom. The van der Waals surface area contributed by atoms with Gasteiger partial charge in [0.05, 0.1) is 6.54 Å². The molecule has 0 unspecified atom stereocenters. The van der Waals surface area contributed by atoms with E-state index < -0.39 is 0 Å². The predicted molar refractivity (Wildman–Crippen MR) is 42.8 cm³/mol. The fourth-order valence-electron chi connectivity index (χ4n) is 0.731. The van der Waals surface area contributed by atoms with Crippen LogP contribution in [-0.2, 0) is 4.79 Å². The summed E-state index contributed by atoms with van der Waals surface area (Å²) in [4.78, 5) is 10.9. The smallest absolute Gasteiger partial charge is 0.146 e. The van der Waals surface area contributed by atoms with Crippen LogP contribution in [0.15, 0.2) is 0 Å². The first-order valence-corrected chi connectivity index (χ1v) is 3.73. The molecule has 0 fully saturated rings.